The normalized spacial score (nSPS) is 15.1. The van der Waals surface area contributed by atoms with Crippen molar-refractivity contribution in [2.75, 3.05) is 0 Å². The molecule has 0 saturated heterocycles. The van der Waals surface area contributed by atoms with Gasteiger partial charge >= 0.3 is 0 Å². The standard InChI is InChI=1S/C20H29N5O2/c1-4-8-17-12-19(27)24(13-18(26)21-16-9-6-5-7-10-16)20(22-17)25-15(3)11-14(2)23-25/h11-12,16H,4-10,13H2,1-3H3,(H,21,26). The van der Waals surface area contributed by atoms with Crippen molar-refractivity contribution in [3.63, 3.8) is 0 Å². The summed E-state index contributed by atoms with van der Waals surface area (Å²) in [4.78, 5) is 30.0. The second-order valence-electron chi connectivity index (χ2n) is 7.46. The fourth-order valence-electron chi connectivity index (χ4n) is 3.73. The Bertz CT molecular complexity index is 862. The van der Waals surface area contributed by atoms with Gasteiger partial charge in [-0.1, -0.05) is 32.6 Å². The van der Waals surface area contributed by atoms with Gasteiger partial charge in [0, 0.05) is 23.5 Å². The number of aromatic nitrogens is 4. The number of amides is 1. The van der Waals surface area contributed by atoms with Gasteiger partial charge in [0.15, 0.2) is 0 Å². The van der Waals surface area contributed by atoms with Crippen molar-refractivity contribution in [3.8, 4) is 5.95 Å². The van der Waals surface area contributed by atoms with Crippen LogP contribution in [0.2, 0.25) is 0 Å². The average molecular weight is 371 g/mol. The summed E-state index contributed by atoms with van der Waals surface area (Å²) in [5.74, 6) is 0.271. The molecule has 0 radical (unpaired) electrons. The minimum Gasteiger partial charge on any atom is -0.352 e. The first-order chi connectivity index (χ1) is 13.0. The van der Waals surface area contributed by atoms with E-state index in [1.807, 2.05) is 26.8 Å². The molecule has 1 fully saturated rings. The molecule has 2 aromatic rings. The summed E-state index contributed by atoms with van der Waals surface area (Å²) >= 11 is 0. The summed E-state index contributed by atoms with van der Waals surface area (Å²) in [6.45, 7) is 5.83. The first kappa shape index (κ1) is 19.3. The molecule has 7 heteroatoms. The maximum atomic E-state index is 12.8. The van der Waals surface area contributed by atoms with Gasteiger partial charge in [-0.15, -0.1) is 0 Å². The Kier molecular flexibility index (Phi) is 6.08. The lowest BCUT2D eigenvalue weighted by Crippen LogP contribution is -2.41. The first-order valence-electron chi connectivity index (χ1n) is 9.91. The maximum absolute atomic E-state index is 12.8. The van der Waals surface area contributed by atoms with Crippen molar-refractivity contribution in [1.82, 2.24) is 24.6 Å². The Morgan fingerprint density at radius 3 is 2.59 bits per heavy atom. The monoisotopic (exact) mass is 371 g/mol. The largest absolute Gasteiger partial charge is 0.352 e. The molecule has 1 saturated carbocycles. The molecular formula is C20H29N5O2. The first-order valence-corrected chi connectivity index (χ1v) is 9.91. The maximum Gasteiger partial charge on any atom is 0.255 e. The lowest BCUT2D eigenvalue weighted by molar-refractivity contribution is -0.122. The second-order valence-corrected chi connectivity index (χ2v) is 7.46. The molecule has 1 aliphatic carbocycles. The topological polar surface area (TPSA) is 81.8 Å². The predicted molar refractivity (Wildman–Crippen MR) is 104 cm³/mol. The zero-order chi connectivity index (χ0) is 19.4. The molecule has 2 aromatic heterocycles. The van der Waals surface area contributed by atoms with Crippen LogP contribution in [0.4, 0.5) is 0 Å². The Morgan fingerprint density at radius 1 is 1.22 bits per heavy atom. The van der Waals surface area contributed by atoms with Gasteiger partial charge < -0.3 is 5.32 Å². The van der Waals surface area contributed by atoms with Crippen LogP contribution in [0.15, 0.2) is 16.9 Å². The molecule has 0 aliphatic heterocycles. The van der Waals surface area contributed by atoms with Crippen LogP contribution in [-0.4, -0.2) is 31.3 Å². The third kappa shape index (κ3) is 4.64. The van der Waals surface area contributed by atoms with Crippen LogP contribution in [0.1, 0.15) is 62.5 Å². The molecule has 0 bridgehead atoms. The Hall–Kier alpha value is -2.44. The van der Waals surface area contributed by atoms with Crippen LogP contribution in [0.5, 0.6) is 0 Å². The van der Waals surface area contributed by atoms with Crippen LogP contribution in [0.3, 0.4) is 0 Å². The van der Waals surface area contributed by atoms with Crippen molar-refractivity contribution in [2.45, 2.75) is 78.3 Å². The third-order valence-corrected chi connectivity index (χ3v) is 5.02. The van der Waals surface area contributed by atoms with Gasteiger partial charge in [-0.2, -0.15) is 5.10 Å². The van der Waals surface area contributed by atoms with E-state index in [0.29, 0.717) is 5.95 Å². The number of carbonyl (C=O) groups excluding carboxylic acids is 1. The van der Waals surface area contributed by atoms with Crippen molar-refractivity contribution in [3.05, 3.63) is 39.6 Å². The summed E-state index contributed by atoms with van der Waals surface area (Å²) in [5, 5.41) is 7.55. The van der Waals surface area contributed by atoms with Crippen LogP contribution < -0.4 is 10.9 Å². The van der Waals surface area contributed by atoms with Gasteiger partial charge in [0.2, 0.25) is 11.9 Å². The van der Waals surface area contributed by atoms with Gasteiger partial charge in [0.05, 0.1) is 5.69 Å². The minimum atomic E-state index is -0.213. The highest BCUT2D eigenvalue weighted by Crippen LogP contribution is 2.17. The number of rotatable bonds is 6. The molecule has 3 rings (SSSR count). The number of carbonyl (C=O) groups is 1. The number of aryl methyl sites for hydroxylation is 3. The molecular weight excluding hydrogens is 342 g/mol. The summed E-state index contributed by atoms with van der Waals surface area (Å²) in [6.07, 6.45) is 7.17. The van der Waals surface area contributed by atoms with E-state index in [0.717, 1.165) is 55.6 Å². The summed E-state index contributed by atoms with van der Waals surface area (Å²) in [5.41, 5.74) is 2.25. The van der Waals surface area contributed by atoms with E-state index < -0.39 is 0 Å². The summed E-state index contributed by atoms with van der Waals surface area (Å²) in [7, 11) is 0. The molecule has 2 heterocycles. The smallest absolute Gasteiger partial charge is 0.255 e. The number of hydrogen-bond donors (Lipinski definition) is 1. The molecule has 0 aromatic carbocycles. The van der Waals surface area contributed by atoms with E-state index in [-0.39, 0.29) is 24.1 Å². The van der Waals surface area contributed by atoms with Crippen LogP contribution >= 0.6 is 0 Å². The lowest BCUT2D eigenvalue weighted by Gasteiger charge is -2.23. The zero-order valence-corrected chi connectivity index (χ0v) is 16.5. The Balaban J connectivity index is 1.92. The van der Waals surface area contributed by atoms with Gasteiger partial charge in [-0.3, -0.25) is 14.2 Å². The summed E-state index contributed by atoms with van der Waals surface area (Å²) < 4.78 is 3.08. The van der Waals surface area contributed by atoms with Gasteiger partial charge in [-0.25, -0.2) is 9.67 Å². The molecule has 27 heavy (non-hydrogen) atoms. The molecule has 0 atom stereocenters. The van der Waals surface area contributed by atoms with Gasteiger partial charge in [0.1, 0.15) is 6.54 Å². The third-order valence-electron chi connectivity index (χ3n) is 5.02. The Morgan fingerprint density at radius 2 is 1.96 bits per heavy atom. The zero-order valence-electron chi connectivity index (χ0n) is 16.5. The van der Waals surface area contributed by atoms with Crippen LogP contribution in [0, 0.1) is 13.8 Å². The van der Waals surface area contributed by atoms with Crippen molar-refractivity contribution in [1.29, 1.82) is 0 Å². The lowest BCUT2D eigenvalue weighted by atomic mass is 9.95. The fraction of sp³-hybridized carbons (Fsp3) is 0.600. The van der Waals surface area contributed by atoms with E-state index in [4.69, 9.17) is 0 Å². The molecule has 7 nitrogen and oxygen atoms in total. The molecule has 0 spiro atoms. The van der Waals surface area contributed by atoms with E-state index in [9.17, 15) is 9.59 Å². The predicted octanol–water partition coefficient (Wildman–Crippen LogP) is 2.45. The number of nitrogens with zero attached hydrogens (tertiary/aromatic N) is 4. The highest BCUT2D eigenvalue weighted by Gasteiger charge is 2.19. The quantitative estimate of drug-likeness (QED) is 0.846. The van der Waals surface area contributed by atoms with E-state index in [1.54, 1.807) is 4.68 Å². The molecule has 1 aliphatic rings. The van der Waals surface area contributed by atoms with E-state index in [1.165, 1.54) is 17.1 Å². The summed E-state index contributed by atoms with van der Waals surface area (Å²) in [6, 6.07) is 3.68. The Labute approximate surface area is 159 Å². The van der Waals surface area contributed by atoms with Gasteiger partial charge in [-0.05, 0) is 39.2 Å². The van der Waals surface area contributed by atoms with E-state index in [2.05, 4.69) is 15.4 Å². The van der Waals surface area contributed by atoms with Crippen LogP contribution in [0.25, 0.3) is 5.95 Å². The highest BCUT2D eigenvalue weighted by atomic mass is 16.2. The van der Waals surface area contributed by atoms with Gasteiger partial charge in [0.25, 0.3) is 5.56 Å². The molecule has 146 valence electrons. The molecule has 0 unspecified atom stereocenters. The van der Waals surface area contributed by atoms with Crippen LogP contribution in [-0.2, 0) is 17.8 Å². The van der Waals surface area contributed by atoms with Crippen molar-refractivity contribution >= 4 is 5.91 Å². The highest BCUT2D eigenvalue weighted by molar-refractivity contribution is 5.76. The van der Waals surface area contributed by atoms with Crippen molar-refractivity contribution < 1.29 is 4.79 Å². The molecule has 1 N–H and O–H groups in total. The second kappa shape index (κ2) is 8.50. The average Bonchev–Trinajstić information content (AvgIpc) is 2.96. The number of nitrogens with one attached hydrogen (secondary N) is 1. The number of hydrogen-bond acceptors (Lipinski definition) is 4. The minimum absolute atomic E-state index is 0.0393. The van der Waals surface area contributed by atoms with E-state index >= 15 is 0 Å². The van der Waals surface area contributed by atoms with Crippen molar-refractivity contribution in [2.24, 2.45) is 0 Å². The fourth-order valence-corrected chi connectivity index (χ4v) is 3.73. The SMILES string of the molecule is CCCc1cc(=O)n(CC(=O)NC2CCCCC2)c(-n2nc(C)cc2C)n1. The molecule has 1 amide bonds.